The largest absolute Gasteiger partial charge is 0.379 e. The SMILES string of the molecule is Cc1ncc(CNc2ccc3nc(C)sc3c2)[nH]1. The molecule has 0 fully saturated rings. The molecule has 0 atom stereocenters. The Labute approximate surface area is 109 Å². The zero-order valence-corrected chi connectivity index (χ0v) is 11.1. The average molecular weight is 258 g/mol. The average Bonchev–Trinajstić information content (AvgIpc) is 2.90. The van der Waals surface area contributed by atoms with Gasteiger partial charge in [0.1, 0.15) is 5.82 Å². The van der Waals surface area contributed by atoms with Crippen molar-refractivity contribution in [3.63, 3.8) is 0 Å². The van der Waals surface area contributed by atoms with Crippen molar-refractivity contribution < 1.29 is 0 Å². The zero-order valence-electron chi connectivity index (χ0n) is 10.3. The van der Waals surface area contributed by atoms with Gasteiger partial charge in [0.2, 0.25) is 0 Å². The summed E-state index contributed by atoms with van der Waals surface area (Å²) >= 11 is 1.72. The summed E-state index contributed by atoms with van der Waals surface area (Å²) in [5, 5.41) is 4.49. The number of aryl methyl sites for hydroxylation is 2. The van der Waals surface area contributed by atoms with E-state index in [9.17, 15) is 0 Å². The van der Waals surface area contributed by atoms with Crippen LogP contribution in [0.3, 0.4) is 0 Å². The standard InChI is InChI=1S/C13H14N4S/c1-8-14-6-11(16-8)7-15-10-3-4-12-13(5-10)18-9(2)17-12/h3-6,15H,7H2,1-2H3,(H,14,16). The van der Waals surface area contributed by atoms with Gasteiger partial charge in [-0.2, -0.15) is 0 Å². The predicted octanol–water partition coefficient (Wildman–Crippen LogP) is 3.25. The molecule has 0 saturated carbocycles. The number of benzene rings is 1. The van der Waals surface area contributed by atoms with Gasteiger partial charge in [0.05, 0.1) is 33.7 Å². The molecule has 0 spiro atoms. The number of nitrogens with zero attached hydrogens (tertiary/aromatic N) is 2. The lowest BCUT2D eigenvalue weighted by Crippen LogP contribution is -1.99. The van der Waals surface area contributed by atoms with Crippen LogP contribution in [0.15, 0.2) is 24.4 Å². The number of imidazole rings is 1. The number of nitrogens with one attached hydrogen (secondary N) is 2. The number of hydrogen-bond acceptors (Lipinski definition) is 4. The Balaban J connectivity index is 1.78. The summed E-state index contributed by atoms with van der Waals surface area (Å²) in [6, 6.07) is 6.26. The van der Waals surface area contributed by atoms with E-state index in [4.69, 9.17) is 0 Å². The van der Waals surface area contributed by atoms with Crippen molar-refractivity contribution in [2.24, 2.45) is 0 Å². The number of thiazole rings is 1. The lowest BCUT2D eigenvalue weighted by atomic mass is 10.3. The molecule has 3 aromatic rings. The fourth-order valence-electron chi connectivity index (χ4n) is 1.91. The van der Waals surface area contributed by atoms with Crippen molar-refractivity contribution in [1.29, 1.82) is 0 Å². The van der Waals surface area contributed by atoms with Crippen LogP contribution in [0.5, 0.6) is 0 Å². The van der Waals surface area contributed by atoms with Crippen LogP contribution in [-0.4, -0.2) is 15.0 Å². The Bertz CT molecular complexity index is 683. The van der Waals surface area contributed by atoms with Gasteiger partial charge >= 0.3 is 0 Å². The van der Waals surface area contributed by atoms with Gasteiger partial charge < -0.3 is 10.3 Å². The smallest absolute Gasteiger partial charge is 0.103 e. The Hall–Kier alpha value is -1.88. The van der Waals surface area contributed by atoms with E-state index < -0.39 is 0 Å². The molecule has 0 bridgehead atoms. The molecular weight excluding hydrogens is 244 g/mol. The zero-order chi connectivity index (χ0) is 12.5. The van der Waals surface area contributed by atoms with Crippen LogP contribution in [0.2, 0.25) is 0 Å². The van der Waals surface area contributed by atoms with E-state index in [0.717, 1.165) is 34.3 Å². The third-order valence-electron chi connectivity index (χ3n) is 2.73. The number of rotatable bonds is 3. The fourth-order valence-corrected chi connectivity index (χ4v) is 2.77. The van der Waals surface area contributed by atoms with E-state index in [1.165, 1.54) is 4.70 Å². The summed E-state index contributed by atoms with van der Waals surface area (Å²) in [6.45, 7) is 4.74. The highest BCUT2D eigenvalue weighted by atomic mass is 32.1. The molecule has 0 aliphatic rings. The molecule has 0 amide bonds. The summed E-state index contributed by atoms with van der Waals surface area (Å²) < 4.78 is 1.22. The van der Waals surface area contributed by atoms with Crippen LogP contribution in [0.25, 0.3) is 10.2 Å². The summed E-state index contributed by atoms with van der Waals surface area (Å²) in [5.74, 6) is 0.945. The van der Waals surface area contributed by atoms with Crippen molar-refractivity contribution >= 4 is 27.2 Å². The minimum Gasteiger partial charge on any atom is -0.379 e. The first kappa shape index (κ1) is 11.2. The fraction of sp³-hybridized carbons (Fsp3) is 0.231. The van der Waals surface area contributed by atoms with Crippen molar-refractivity contribution in [1.82, 2.24) is 15.0 Å². The summed E-state index contributed by atoms with van der Waals surface area (Å²) in [5.41, 5.74) is 3.27. The second-order valence-electron chi connectivity index (χ2n) is 4.26. The van der Waals surface area contributed by atoms with Crippen molar-refractivity contribution in [3.8, 4) is 0 Å². The third kappa shape index (κ3) is 2.22. The first-order valence-electron chi connectivity index (χ1n) is 5.82. The van der Waals surface area contributed by atoms with Crippen molar-refractivity contribution in [3.05, 3.63) is 40.9 Å². The molecule has 0 aliphatic carbocycles. The van der Waals surface area contributed by atoms with Gasteiger partial charge in [0, 0.05) is 5.69 Å². The molecule has 0 aliphatic heterocycles. The van der Waals surface area contributed by atoms with Crippen LogP contribution >= 0.6 is 11.3 Å². The molecule has 3 rings (SSSR count). The van der Waals surface area contributed by atoms with Gasteiger partial charge in [-0.15, -0.1) is 11.3 Å². The maximum Gasteiger partial charge on any atom is 0.103 e. The monoisotopic (exact) mass is 258 g/mol. The molecule has 5 heteroatoms. The van der Waals surface area contributed by atoms with Gasteiger partial charge in [-0.3, -0.25) is 0 Å². The molecule has 0 saturated heterocycles. The first-order chi connectivity index (χ1) is 8.70. The Morgan fingerprint density at radius 1 is 1.33 bits per heavy atom. The van der Waals surface area contributed by atoms with E-state index in [0.29, 0.717) is 0 Å². The van der Waals surface area contributed by atoms with E-state index in [-0.39, 0.29) is 0 Å². The van der Waals surface area contributed by atoms with Gasteiger partial charge in [-0.25, -0.2) is 9.97 Å². The van der Waals surface area contributed by atoms with E-state index >= 15 is 0 Å². The maximum atomic E-state index is 4.45. The molecule has 92 valence electrons. The minimum absolute atomic E-state index is 0.754. The molecular formula is C13H14N4S. The highest BCUT2D eigenvalue weighted by Gasteiger charge is 2.02. The quantitative estimate of drug-likeness (QED) is 0.758. The van der Waals surface area contributed by atoms with Crippen molar-refractivity contribution in [2.45, 2.75) is 20.4 Å². The molecule has 4 nitrogen and oxygen atoms in total. The molecule has 2 heterocycles. The topological polar surface area (TPSA) is 53.6 Å². The van der Waals surface area contributed by atoms with Gasteiger partial charge in [-0.1, -0.05) is 0 Å². The Kier molecular flexibility index (Phi) is 2.76. The summed E-state index contributed by atoms with van der Waals surface area (Å²) in [6.07, 6.45) is 1.86. The lowest BCUT2D eigenvalue weighted by Gasteiger charge is -2.04. The summed E-state index contributed by atoms with van der Waals surface area (Å²) in [7, 11) is 0. The lowest BCUT2D eigenvalue weighted by molar-refractivity contribution is 1.05. The maximum absolute atomic E-state index is 4.45. The van der Waals surface area contributed by atoms with Crippen molar-refractivity contribution in [2.75, 3.05) is 5.32 Å². The van der Waals surface area contributed by atoms with Crippen LogP contribution in [-0.2, 0) is 6.54 Å². The second kappa shape index (κ2) is 4.42. The number of anilines is 1. The van der Waals surface area contributed by atoms with E-state index in [1.807, 2.05) is 20.0 Å². The van der Waals surface area contributed by atoms with Crippen LogP contribution in [0.4, 0.5) is 5.69 Å². The van der Waals surface area contributed by atoms with Crippen LogP contribution in [0.1, 0.15) is 16.5 Å². The van der Waals surface area contributed by atoms with Gasteiger partial charge in [0.15, 0.2) is 0 Å². The normalized spacial score (nSPS) is 11.0. The molecule has 2 aromatic heterocycles. The molecule has 0 radical (unpaired) electrons. The molecule has 2 N–H and O–H groups in total. The highest BCUT2D eigenvalue weighted by Crippen LogP contribution is 2.24. The number of hydrogen-bond donors (Lipinski definition) is 2. The van der Waals surface area contributed by atoms with Crippen LogP contribution < -0.4 is 5.32 Å². The number of aromatic nitrogens is 3. The first-order valence-corrected chi connectivity index (χ1v) is 6.64. The number of aromatic amines is 1. The molecule has 1 aromatic carbocycles. The Morgan fingerprint density at radius 3 is 3.00 bits per heavy atom. The molecule has 18 heavy (non-hydrogen) atoms. The Morgan fingerprint density at radius 2 is 2.22 bits per heavy atom. The van der Waals surface area contributed by atoms with E-state index in [1.54, 1.807) is 11.3 Å². The number of fused-ring (bicyclic) bond motifs is 1. The number of H-pyrrole nitrogens is 1. The second-order valence-corrected chi connectivity index (χ2v) is 5.50. The highest BCUT2D eigenvalue weighted by molar-refractivity contribution is 7.18. The third-order valence-corrected chi connectivity index (χ3v) is 3.67. The summed E-state index contributed by atoms with van der Waals surface area (Å²) in [4.78, 5) is 11.8. The molecule has 0 unspecified atom stereocenters. The van der Waals surface area contributed by atoms with E-state index in [2.05, 4.69) is 38.5 Å². The minimum atomic E-state index is 0.754. The van der Waals surface area contributed by atoms with Gasteiger partial charge in [-0.05, 0) is 32.0 Å². The van der Waals surface area contributed by atoms with Crippen LogP contribution in [0, 0.1) is 13.8 Å². The predicted molar refractivity (Wildman–Crippen MR) is 75.0 cm³/mol. The van der Waals surface area contributed by atoms with Gasteiger partial charge in [0.25, 0.3) is 0 Å².